The molecule has 2 aliphatic rings. The molecule has 1 N–H and O–H groups in total. The topological polar surface area (TPSA) is 136 Å². The van der Waals surface area contributed by atoms with Crippen molar-refractivity contribution in [2.45, 2.75) is 46.3 Å². The molecule has 2 aromatic heterocycles. The number of amides is 1. The van der Waals surface area contributed by atoms with Gasteiger partial charge in [-0.2, -0.15) is 0 Å². The Labute approximate surface area is 230 Å². The van der Waals surface area contributed by atoms with Gasteiger partial charge in [-0.25, -0.2) is 19.7 Å². The van der Waals surface area contributed by atoms with E-state index in [0.717, 1.165) is 11.3 Å². The zero-order valence-electron chi connectivity index (χ0n) is 22.0. The van der Waals surface area contributed by atoms with E-state index in [2.05, 4.69) is 15.3 Å². The van der Waals surface area contributed by atoms with Gasteiger partial charge in [0.15, 0.2) is 0 Å². The molecule has 2 aliphatic heterocycles. The fourth-order valence-corrected chi connectivity index (χ4v) is 4.85. The third-order valence-electron chi connectivity index (χ3n) is 6.31. The van der Waals surface area contributed by atoms with Crippen molar-refractivity contribution in [2.24, 2.45) is 0 Å². The molecular weight excluding hydrogens is 526 g/mol. The minimum atomic E-state index is -0.664. The number of ether oxygens (including phenoxy) is 2. The van der Waals surface area contributed by atoms with Gasteiger partial charge >= 0.3 is 6.09 Å². The van der Waals surface area contributed by atoms with Crippen LogP contribution in [0, 0.1) is 17.0 Å². The first-order chi connectivity index (χ1) is 18.5. The zero-order chi connectivity index (χ0) is 27.9. The number of carbonyl (C=O) groups excluding carboxylic acids is 1. The summed E-state index contributed by atoms with van der Waals surface area (Å²) in [5, 5.41) is 14.6. The van der Waals surface area contributed by atoms with Gasteiger partial charge in [0.25, 0.3) is 5.69 Å². The van der Waals surface area contributed by atoms with Crippen molar-refractivity contribution in [2.75, 3.05) is 34.8 Å². The third kappa shape index (κ3) is 5.51. The van der Waals surface area contributed by atoms with Crippen LogP contribution in [0.5, 0.6) is 5.88 Å². The maximum atomic E-state index is 12.9. The summed E-state index contributed by atoms with van der Waals surface area (Å²) in [5.74, 6) is 0.661. The first-order valence-corrected chi connectivity index (χ1v) is 12.8. The van der Waals surface area contributed by atoms with Crippen molar-refractivity contribution in [3.05, 3.63) is 62.6 Å². The molecule has 0 unspecified atom stereocenters. The van der Waals surface area contributed by atoms with Crippen molar-refractivity contribution in [3.8, 4) is 5.88 Å². The lowest BCUT2D eigenvalue weighted by atomic mass is 10.1. The fraction of sp³-hybridized carbons (Fsp3) is 0.385. The number of nitrogens with zero attached hydrogens (tertiary/aromatic N) is 6. The van der Waals surface area contributed by atoms with E-state index >= 15 is 0 Å². The number of carbonyl (C=O) groups is 1. The summed E-state index contributed by atoms with van der Waals surface area (Å²) >= 11 is 6.88. The molecule has 13 heteroatoms. The second-order valence-electron chi connectivity index (χ2n) is 10.3. The molecule has 0 saturated carbocycles. The number of benzene rings is 1. The van der Waals surface area contributed by atoms with E-state index in [9.17, 15) is 14.9 Å². The summed E-state index contributed by atoms with van der Waals surface area (Å²) in [7, 11) is 0. The summed E-state index contributed by atoms with van der Waals surface area (Å²) in [6.45, 7) is 8.77. The minimum Gasteiger partial charge on any atom is -0.474 e. The Kier molecular flexibility index (Phi) is 6.89. The van der Waals surface area contributed by atoms with Crippen LogP contribution in [0.4, 0.5) is 33.5 Å². The molecule has 5 rings (SSSR count). The number of aromatic nitrogens is 3. The number of rotatable bonds is 4. The van der Waals surface area contributed by atoms with E-state index in [4.69, 9.17) is 26.1 Å². The Morgan fingerprint density at radius 1 is 1.23 bits per heavy atom. The monoisotopic (exact) mass is 553 g/mol. The molecule has 204 valence electrons. The highest BCUT2D eigenvalue weighted by molar-refractivity contribution is 6.36. The summed E-state index contributed by atoms with van der Waals surface area (Å²) in [6.07, 6.45) is 3.60. The Morgan fingerprint density at radius 3 is 2.74 bits per heavy atom. The Hall–Kier alpha value is -4.19. The summed E-state index contributed by atoms with van der Waals surface area (Å²) in [4.78, 5) is 40.7. The van der Waals surface area contributed by atoms with Crippen LogP contribution in [-0.2, 0) is 17.7 Å². The highest BCUT2D eigenvalue weighted by Crippen LogP contribution is 2.43. The molecule has 1 aromatic carbocycles. The molecule has 0 spiro atoms. The smallest absolute Gasteiger partial charge is 0.415 e. The van der Waals surface area contributed by atoms with Crippen LogP contribution < -0.4 is 19.9 Å². The van der Waals surface area contributed by atoms with Crippen molar-refractivity contribution in [1.29, 1.82) is 0 Å². The summed E-state index contributed by atoms with van der Waals surface area (Å²) in [6, 6.07) is 4.76. The number of nitro benzene ring substituents is 1. The standard InChI is InChI=1S/C26H28ClN7O5/c1-15-11-17(5-6-19(15)34(36)37)30-24-29-12-16-7-8-32(14-18(16)31-24)20-13-28-23-22(21(20)27)33(9-10-38-23)25(35)39-26(2,3)4/h5-6,11-13H,7-10,14H2,1-4H3,(H,29,30,31). The van der Waals surface area contributed by atoms with Gasteiger partial charge in [0.05, 0.1) is 40.6 Å². The predicted molar refractivity (Wildman–Crippen MR) is 146 cm³/mol. The highest BCUT2D eigenvalue weighted by atomic mass is 35.5. The van der Waals surface area contributed by atoms with Gasteiger partial charge in [0, 0.05) is 30.1 Å². The number of halogens is 1. The number of anilines is 4. The SMILES string of the molecule is Cc1cc(Nc2ncc3c(n2)CN(c2cnc4c(c2Cl)N(C(=O)OC(C)(C)C)CCO4)CC3)ccc1[N+](=O)[O-]. The van der Waals surface area contributed by atoms with Crippen LogP contribution in [0.2, 0.25) is 5.02 Å². The molecule has 0 bridgehead atoms. The van der Waals surface area contributed by atoms with E-state index in [0.29, 0.717) is 59.7 Å². The van der Waals surface area contributed by atoms with Crippen molar-refractivity contribution in [1.82, 2.24) is 15.0 Å². The number of aryl methyl sites for hydroxylation is 1. The van der Waals surface area contributed by atoms with E-state index in [1.54, 1.807) is 31.5 Å². The van der Waals surface area contributed by atoms with Crippen molar-refractivity contribution < 1.29 is 19.2 Å². The van der Waals surface area contributed by atoms with Gasteiger partial charge in [0.1, 0.15) is 17.9 Å². The summed E-state index contributed by atoms with van der Waals surface area (Å²) < 4.78 is 11.3. The van der Waals surface area contributed by atoms with Gasteiger partial charge in [-0.05, 0) is 51.8 Å². The lowest BCUT2D eigenvalue weighted by Crippen LogP contribution is -2.42. The Balaban J connectivity index is 1.39. The number of pyridine rings is 1. The van der Waals surface area contributed by atoms with Crippen molar-refractivity contribution >= 4 is 46.4 Å². The number of nitro groups is 1. The van der Waals surface area contributed by atoms with E-state index < -0.39 is 16.6 Å². The lowest BCUT2D eigenvalue weighted by Gasteiger charge is -2.34. The number of nitrogens with one attached hydrogen (secondary N) is 1. The summed E-state index contributed by atoms with van der Waals surface area (Å²) in [5.41, 5.74) is 3.43. The van der Waals surface area contributed by atoms with Gasteiger partial charge in [0.2, 0.25) is 11.8 Å². The zero-order valence-corrected chi connectivity index (χ0v) is 22.8. The van der Waals surface area contributed by atoms with E-state index in [1.165, 1.54) is 11.0 Å². The fourth-order valence-electron chi connectivity index (χ4n) is 4.49. The van der Waals surface area contributed by atoms with Crippen LogP contribution in [0.25, 0.3) is 0 Å². The maximum absolute atomic E-state index is 12.9. The quantitative estimate of drug-likeness (QED) is 0.340. The molecule has 39 heavy (non-hydrogen) atoms. The van der Waals surface area contributed by atoms with Crippen LogP contribution in [0.15, 0.2) is 30.6 Å². The molecule has 12 nitrogen and oxygen atoms in total. The predicted octanol–water partition coefficient (Wildman–Crippen LogP) is 5.18. The highest BCUT2D eigenvalue weighted by Gasteiger charge is 2.33. The third-order valence-corrected chi connectivity index (χ3v) is 6.69. The molecule has 3 aromatic rings. The van der Waals surface area contributed by atoms with Crippen LogP contribution >= 0.6 is 11.6 Å². The Morgan fingerprint density at radius 2 is 2.03 bits per heavy atom. The van der Waals surface area contributed by atoms with Crippen LogP contribution in [0.3, 0.4) is 0 Å². The molecular formula is C26H28ClN7O5. The molecule has 0 aliphatic carbocycles. The number of fused-ring (bicyclic) bond motifs is 2. The normalized spacial score (nSPS) is 14.7. The maximum Gasteiger partial charge on any atom is 0.415 e. The molecule has 4 heterocycles. The first-order valence-electron chi connectivity index (χ1n) is 12.4. The molecule has 0 radical (unpaired) electrons. The van der Waals surface area contributed by atoms with Crippen LogP contribution in [-0.4, -0.2) is 51.3 Å². The minimum absolute atomic E-state index is 0.0497. The van der Waals surface area contributed by atoms with Gasteiger partial charge in [-0.1, -0.05) is 11.6 Å². The van der Waals surface area contributed by atoms with E-state index in [1.807, 2.05) is 25.7 Å². The Bertz CT molecular complexity index is 1460. The average Bonchev–Trinajstić information content (AvgIpc) is 2.87. The second-order valence-corrected chi connectivity index (χ2v) is 10.7. The molecule has 0 atom stereocenters. The van der Waals surface area contributed by atoms with Crippen LogP contribution in [0.1, 0.15) is 37.6 Å². The van der Waals surface area contributed by atoms with E-state index in [-0.39, 0.29) is 18.2 Å². The largest absolute Gasteiger partial charge is 0.474 e. The molecule has 0 saturated heterocycles. The van der Waals surface area contributed by atoms with Gasteiger partial charge in [-0.3, -0.25) is 15.0 Å². The van der Waals surface area contributed by atoms with Gasteiger partial charge < -0.3 is 19.7 Å². The van der Waals surface area contributed by atoms with Crippen molar-refractivity contribution in [3.63, 3.8) is 0 Å². The average molecular weight is 554 g/mol. The second kappa shape index (κ2) is 10.2. The lowest BCUT2D eigenvalue weighted by molar-refractivity contribution is -0.385. The van der Waals surface area contributed by atoms with Gasteiger partial charge in [-0.15, -0.1) is 0 Å². The number of hydrogen-bond donors (Lipinski definition) is 1. The molecule has 0 fully saturated rings. The molecule has 1 amide bonds. The number of hydrogen-bond acceptors (Lipinski definition) is 10. The first kappa shape index (κ1) is 26.4.